The number of carbonyl (C=O) groups excluding carboxylic acids is 3. The molecule has 39 heavy (non-hydrogen) atoms. The van der Waals surface area contributed by atoms with E-state index in [1.54, 1.807) is 0 Å². The number of benzene rings is 3. The van der Waals surface area contributed by atoms with Gasteiger partial charge in [0.15, 0.2) is 5.82 Å². The molecule has 14 heteroatoms. The van der Waals surface area contributed by atoms with E-state index in [4.69, 9.17) is 58.0 Å². The predicted molar refractivity (Wildman–Crippen MR) is 146 cm³/mol. The molecule has 4 rings (SSSR count). The maximum absolute atomic E-state index is 14.7. The van der Waals surface area contributed by atoms with Gasteiger partial charge in [0.1, 0.15) is 21.7 Å². The van der Waals surface area contributed by atoms with Gasteiger partial charge >= 0.3 is 0 Å². The van der Waals surface area contributed by atoms with Crippen molar-refractivity contribution in [3.05, 3.63) is 86.1 Å². The molecule has 3 aromatic rings. The predicted octanol–water partition coefficient (Wildman–Crippen LogP) is 7.80. The van der Waals surface area contributed by atoms with E-state index < -0.39 is 68.3 Å². The fourth-order valence-electron chi connectivity index (χ4n) is 3.95. The van der Waals surface area contributed by atoms with E-state index in [0.29, 0.717) is 5.56 Å². The molecule has 0 spiro atoms. The smallest absolute Gasteiger partial charge is 0.258 e. The second-order valence-corrected chi connectivity index (χ2v) is 11.2. The standard InChI is InChI=1S/C25H15Cl5F3N3O3/c1-9(37)34-22-16(32)4-5-17(21(22)33)36-23(38)12-8-11(2-3-15(12)31)35-24(39)19-18(25(19,29)30)10-6-13(26)20(28)14(27)7-10/h2-8,18-19H,1H3,(H,34,37)(H,35,39)(H,36,38)/t18-,19?/m0/s1. The van der Waals surface area contributed by atoms with Gasteiger partial charge in [0, 0.05) is 18.5 Å². The molecular weight excluding hydrogens is 625 g/mol. The SMILES string of the molecule is CC(=O)Nc1c(F)ccc(NC(=O)c2cc(NC(=O)C3[C@H](c4cc(Cl)c(Cl)c(Cl)c4)C3(Cl)Cl)ccc2F)c1F. The second kappa shape index (κ2) is 11.1. The fourth-order valence-corrected chi connectivity index (χ4v) is 5.39. The van der Waals surface area contributed by atoms with Gasteiger partial charge in [-0.3, -0.25) is 14.4 Å². The van der Waals surface area contributed by atoms with E-state index in [2.05, 4.69) is 10.6 Å². The Morgan fingerprint density at radius 1 is 0.846 bits per heavy atom. The van der Waals surface area contributed by atoms with Crippen LogP contribution in [0.3, 0.4) is 0 Å². The quantitative estimate of drug-likeness (QED) is 0.190. The van der Waals surface area contributed by atoms with E-state index in [9.17, 15) is 27.6 Å². The largest absolute Gasteiger partial charge is 0.326 e. The Hall–Kier alpha value is -2.69. The molecule has 0 aromatic heterocycles. The summed E-state index contributed by atoms with van der Waals surface area (Å²) in [4.78, 5) is 36.9. The first kappa shape index (κ1) is 29.3. The fraction of sp³-hybridized carbons (Fsp3) is 0.160. The Kier molecular flexibility index (Phi) is 8.31. The number of anilines is 3. The van der Waals surface area contributed by atoms with Gasteiger partial charge in [0.2, 0.25) is 11.8 Å². The van der Waals surface area contributed by atoms with Crippen LogP contribution >= 0.6 is 58.0 Å². The van der Waals surface area contributed by atoms with Crippen LogP contribution < -0.4 is 16.0 Å². The van der Waals surface area contributed by atoms with Gasteiger partial charge in [-0.2, -0.15) is 0 Å². The highest BCUT2D eigenvalue weighted by molar-refractivity contribution is 6.54. The number of carbonyl (C=O) groups is 3. The van der Waals surface area contributed by atoms with Crippen molar-refractivity contribution in [2.45, 2.75) is 17.2 Å². The summed E-state index contributed by atoms with van der Waals surface area (Å²) in [5.41, 5.74) is -1.39. The lowest BCUT2D eigenvalue weighted by molar-refractivity contribution is -0.117. The van der Waals surface area contributed by atoms with Crippen LogP contribution in [0.5, 0.6) is 0 Å². The molecule has 2 atom stereocenters. The Labute approximate surface area is 244 Å². The van der Waals surface area contributed by atoms with Gasteiger partial charge in [0.05, 0.1) is 32.2 Å². The first-order valence-corrected chi connectivity index (χ1v) is 12.8. The third kappa shape index (κ3) is 5.93. The normalized spacial score (nSPS) is 17.4. The molecule has 0 heterocycles. The van der Waals surface area contributed by atoms with Gasteiger partial charge in [-0.1, -0.05) is 34.8 Å². The topological polar surface area (TPSA) is 87.3 Å². The lowest BCUT2D eigenvalue weighted by atomic mass is 10.1. The average molecular weight is 640 g/mol. The number of hydrogen-bond donors (Lipinski definition) is 3. The van der Waals surface area contributed by atoms with E-state index in [0.717, 1.165) is 31.2 Å². The van der Waals surface area contributed by atoms with Gasteiger partial charge in [-0.25, -0.2) is 13.2 Å². The monoisotopic (exact) mass is 637 g/mol. The molecule has 3 N–H and O–H groups in total. The lowest BCUT2D eigenvalue weighted by Gasteiger charge is -2.12. The number of halogens is 8. The zero-order chi connectivity index (χ0) is 28.8. The molecule has 6 nitrogen and oxygen atoms in total. The third-order valence-electron chi connectivity index (χ3n) is 5.82. The van der Waals surface area contributed by atoms with Gasteiger partial charge < -0.3 is 16.0 Å². The molecule has 1 aliphatic rings. The zero-order valence-corrected chi connectivity index (χ0v) is 23.2. The summed E-state index contributed by atoms with van der Waals surface area (Å²) >= 11 is 30.8. The van der Waals surface area contributed by atoms with Crippen molar-refractivity contribution in [1.29, 1.82) is 0 Å². The minimum absolute atomic E-state index is 0.00650. The molecular formula is C25H15Cl5F3N3O3. The minimum atomic E-state index is -1.52. The number of rotatable bonds is 6. The maximum atomic E-state index is 14.7. The van der Waals surface area contributed by atoms with Gasteiger partial charge in [-0.05, 0) is 48.0 Å². The summed E-state index contributed by atoms with van der Waals surface area (Å²) in [6, 6.07) is 7.80. The number of hydrogen-bond acceptors (Lipinski definition) is 3. The summed E-state index contributed by atoms with van der Waals surface area (Å²) in [6.07, 6.45) is 0. The van der Waals surface area contributed by atoms with Crippen molar-refractivity contribution >= 4 is 92.8 Å². The van der Waals surface area contributed by atoms with Crippen LogP contribution in [0.2, 0.25) is 15.1 Å². The third-order valence-corrected chi connectivity index (χ3v) is 7.96. The maximum Gasteiger partial charge on any atom is 0.258 e. The van der Waals surface area contributed by atoms with Gasteiger partial charge in [0.25, 0.3) is 5.91 Å². The van der Waals surface area contributed by atoms with Crippen molar-refractivity contribution < 1.29 is 27.6 Å². The number of nitrogens with one attached hydrogen (secondary N) is 3. The van der Waals surface area contributed by atoms with Crippen LogP contribution in [0.25, 0.3) is 0 Å². The molecule has 1 saturated carbocycles. The Morgan fingerprint density at radius 3 is 2.08 bits per heavy atom. The molecule has 1 unspecified atom stereocenters. The Balaban J connectivity index is 1.53. The zero-order valence-electron chi connectivity index (χ0n) is 19.4. The summed E-state index contributed by atoms with van der Waals surface area (Å²) in [7, 11) is 0. The lowest BCUT2D eigenvalue weighted by Crippen LogP contribution is -2.19. The number of amides is 3. The van der Waals surface area contributed by atoms with E-state index >= 15 is 0 Å². The average Bonchev–Trinajstić information content (AvgIpc) is 3.44. The molecule has 204 valence electrons. The Morgan fingerprint density at radius 2 is 1.46 bits per heavy atom. The number of alkyl halides is 2. The van der Waals surface area contributed by atoms with E-state index in [-0.39, 0.29) is 20.8 Å². The van der Waals surface area contributed by atoms with Crippen LogP contribution in [0.4, 0.5) is 30.2 Å². The van der Waals surface area contributed by atoms with Crippen LogP contribution in [0.15, 0.2) is 42.5 Å². The first-order chi connectivity index (χ1) is 18.2. The van der Waals surface area contributed by atoms with Crippen LogP contribution in [0, 0.1) is 23.4 Å². The van der Waals surface area contributed by atoms with Gasteiger partial charge in [-0.15, -0.1) is 23.2 Å². The van der Waals surface area contributed by atoms with Crippen molar-refractivity contribution in [2.24, 2.45) is 5.92 Å². The molecule has 3 amide bonds. The van der Waals surface area contributed by atoms with Crippen molar-refractivity contribution in [2.75, 3.05) is 16.0 Å². The molecule has 0 aliphatic heterocycles. The highest BCUT2D eigenvalue weighted by atomic mass is 35.5. The van der Waals surface area contributed by atoms with Crippen LogP contribution in [-0.4, -0.2) is 22.1 Å². The highest BCUT2D eigenvalue weighted by Gasteiger charge is 2.67. The molecule has 3 aromatic carbocycles. The molecule has 0 saturated heterocycles. The van der Waals surface area contributed by atoms with Crippen LogP contribution in [-0.2, 0) is 9.59 Å². The summed E-state index contributed by atoms with van der Waals surface area (Å²) < 4.78 is 41.6. The molecule has 1 fully saturated rings. The van der Waals surface area contributed by atoms with Crippen molar-refractivity contribution in [3.8, 4) is 0 Å². The van der Waals surface area contributed by atoms with Crippen molar-refractivity contribution in [1.82, 2.24) is 0 Å². The first-order valence-electron chi connectivity index (χ1n) is 10.9. The summed E-state index contributed by atoms with van der Waals surface area (Å²) in [5, 5.41) is 7.03. The van der Waals surface area contributed by atoms with E-state index in [1.165, 1.54) is 18.2 Å². The van der Waals surface area contributed by atoms with Crippen molar-refractivity contribution in [3.63, 3.8) is 0 Å². The van der Waals surface area contributed by atoms with E-state index in [1.807, 2.05) is 5.32 Å². The molecule has 1 aliphatic carbocycles. The summed E-state index contributed by atoms with van der Waals surface area (Å²) in [5.74, 6) is -7.50. The Bertz CT molecular complexity index is 1510. The molecule has 0 bridgehead atoms. The van der Waals surface area contributed by atoms with Crippen LogP contribution in [0.1, 0.15) is 28.8 Å². The molecule has 0 radical (unpaired) electrons. The minimum Gasteiger partial charge on any atom is -0.326 e. The second-order valence-electron chi connectivity index (χ2n) is 8.53. The highest BCUT2D eigenvalue weighted by Crippen LogP contribution is 2.65. The summed E-state index contributed by atoms with van der Waals surface area (Å²) in [6.45, 7) is 1.04.